The second-order valence-electron chi connectivity index (χ2n) is 6.83. The summed E-state index contributed by atoms with van der Waals surface area (Å²) in [4.78, 5) is 2.36. The van der Waals surface area contributed by atoms with Crippen LogP contribution in [0.5, 0.6) is 0 Å². The Bertz CT molecular complexity index is 1340. The minimum absolute atomic E-state index is 1.08. The monoisotopic (exact) mass is 410 g/mol. The third-order valence-corrected chi connectivity index (χ3v) is 5.84. The first-order valence-corrected chi connectivity index (χ1v) is 9.79. The van der Waals surface area contributed by atoms with Crippen LogP contribution in [0.1, 0.15) is 0 Å². The number of benzene rings is 4. The van der Waals surface area contributed by atoms with E-state index in [-0.39, 0.29) is 0 Å². The van der Waals surface area contributed by atoms with Gasteiger partial charge in [-0.15, -0.1) is 0 Å². The van der Waals surface area contributed by atoms with E-state index < -0.39 is 0 Å². The van der Waals surface area contributed by atoms with E-state index >= 15 is 0 Å². The standard InChI is InChI=1S/C24H15BrN2/c25-16-13-14-21-23(15-16)26(17-7-2-1-3-8-17)22-12-6-10-19-18-9-4-5-11-20(18)27(21)24(19)22/h1-15H. The Morgan fingerprint density at radius 1 is 0.593 bits per heavy atom. The Morgan fingerprint density at radius 2 is 1.37 bits per heavy atom. The van der Waals surface area contributed by atoms with Crippen LogP contribution in [0.3, 0.4) is 0 Å². The first-order chi connectivity index (χ1) is 13.3. The summed E-state index contributed by atoms with van der Waals surface area (Å²) in [5.41, 5.74) is 7.26. The van der Waals surface area contributed by atoms with E-state index in [1.807, 2.05) is 0 Å². The molecule has 2 nitrogen and oxygen atoms in total. The number of rotatable bonds is 1. The summed E-state index contributed by atoms with van der Waals surface area (Å²) in [7, 11) is 0. The summed E-state index contributed by atoms with van der Waals surface area (Å²) < 4.78 is 3.48. The van der Waals surface area contributed by atoms with Gasteiger partial charge in [0.1, 0.15) is 0 Å². The molecule has 1 aliphatic heterocycles. The van der Waals surface area contributed by atoms with Crippen molar-refractivity contribution in [2.24, 2.45) is 0 Å². The van der Waals surface area contributed by atoms with Crippen molar-refractivity contribution >= 4 is 54.8 Å². The van der Waals surface area contributed by atoms with Gasteiger partial charge in [0, 0.05) is 20.9 Å². The van der Waals surface area contributed by atoms with Gasteiger partial charge in [0.2, 0.25) is 0 Å². The third kappa shape index (κ3) is 2.00. The van der Waals surface area contributed by atoms with Crippen molar-refractivity contribution in [1.29, 1.82) is 0 Å². The molecule has 2 heterocycles. The molecule has 1 aromatic heterocycles. The van der Waals surface area contributed by atoms with Crippen LogP contribution in [0.4, 0.5) is 17.1 Å². The molecule has 6 rings (SSSR count). The van der Waals surface area contributed by atoms with Crippen molar-refractivity contribution < 1.29 is 0 Å². The van der Waals surface area contributed by atoms with Gasteiger partial charge < -0.3 is 9.47 Å². The van der Waals surface area contributed by atoms with Gasteiger partial charge in [-0.2, -0.15) is 0 Å². The van der Waals surface area contributed by atoms with Gasteiger partial charge in [0.05, 0.1) is 28.1 Å². The van der Waals surface area contributed by atoms with Crippen LogP contribution in [-0.2, 0) is 0 Å². The van der Waals surface area contributed by atoms with Crippen molar-refractivity contribution in [2.75, 3.05) is 4.90 Å². The van der Waals surface area contributed by atoms with Crippen molar-refractivity contribution in [2.45, 2.75) is 0 Å². The summed E-state index contributed by atoms with van der Waals surface area (Å²) in [6, 6.07) is 32.4. The molecule has 0 bridgehead atoms. The van der Waals surface area contributed by atoms with Gasteiger partial charge in [-0.3, -0.25) is 0 Å². The van der Waals surface area contributed by atoms with Crippen LogP contribution < -0.4 is 4.90 Å². The summed E-state index contributed by atoms with van der Waals surface area (Å²) in [6.45, 7) is 0. The second kappa shape index (κ2) is 5.48. The molecule has 0 radical (unpaired) electrons. The molecule has 1 aliphatic rings. The van der Waals surface area contributed by atoms with Crippen molar-refractivity contribution in [3.63, 3.8) is 0 Å². The average molecular weight is 411 g/mol. The van der Waals surface area contributed by atoms with Gasteiger partial charge in [0.15, 0.2) is 0 Å². The molecule has 0 N–H and O–H groups in total. The fourth-order valence-electron chi connectivity index (χ4n) is 4.28. The molecule has 0 saturated heterocycles. The average Bonchev–Trinajstić information content (AvgIpc) is 3.05. The zero-order valence-corrected chi connectivity index (χ0v) is 16.0. The predicted molar refractivity (Wildman–Crippen MR) is 117 cm³/mol. The van der Waals surface area contributed by atoms with Crippen LogP contribution in [0.25, 0.3) is 27.5 Å². The molecule has 0 saturated carbocycles. The molecular formula is C24H15BrN2. The van der Waals surface area contributed by atoms with E-state index in [9.17, 15) is 0 Å². The van der Waals surface area contributed by atoms with Gasteiger partial charge in [-0.05, 0) is 42.5 Å². The van der Waals surface area contributed by atoms with Crippen LogP contribution in [0.2, 0.25) is 0 Å². The largest absolute Gasteiger partial charge is 0.306 e. The van der Waals surface area contributed by atoms with Crippen LogP contribution in [0, 0.1) is 0 Å². The van der Waals surface area contributed by atoms with Crippen LogP contribution in [0.15, 0.2) is 95.5 Å². The van der Waals surface area contributed by atoms with Crippen LogP contribution >= 0.6 is 15.9 Å². The summed E-state index contributed by atoms with van der Waals surface area (Å²) in [5, 5.41) is 2.58. The van der Waals surface area contributed by atoms with Gasteiger partial charge >= 0.3 is 0 Å². The molecule has 5 aromatic rings. The summed E-state index contributed by atoms with van der Waals surface area (Å²) >= 11 is 3.67. The summed E-state index contributed by atoms with van der Waals surface area (Å²) in [6.07, 6.45) is 0. The molecule has 0 fully saturated rings. The fourth-order valence-corrected chi connectivity index (χ4v) is 4.63. The van der Waals surface area contributed by atoms with E-state index in [4.69, 9.17) is 0 Å². The number of hydrogen-bond donors (Lipinski definition) is 0. The normalized spacial score (nSPS) is 12.6. The highest BCUT2D eigenvalue weighted by molar-refractivity contribution is 9.10. The topological polar surface area (TPSA) is 8.17 Å². The number of halogens is 1. The highest BCUT2D eigenvalue weighted by Crippen LogP contribution is 2.49. The fraction of sp³-hybridized carbons (Fsp3) is 0. The van der Waals surface area contributed by atoms with E-state index in [1.165, 1.54) is 44.6 Å². The van der Waals surface area contributed by atoms with E-state index in [1.54, 1.807) is 0 Å². The van der Waals surface area contributed by atoms with Gasteiger partial charge in [-0.25, -0.2) is 0 Å². The van der Waals surface area contributed by atoms with Crippen molar-refractivity contribution in [3.8, 4) is 5.69 Å². The highest BCUT2D eigenvalue weighted by atomic mass is 79.9. The highest BCUT2D eigenvalue weighted by Gasteiger charge is 2.28. The lowest BCUT2D eigenvalue weighted by Crippen LogP contribution is -2.18. The number of hydrogen-bond acceptors (Lipinski definition) is 1. The van der Waals surface area contributed by atoms with E-state index in [2.05, 4.69) is 116 Å². The maximum atomic E-state index is 3.67. The maximum Gasteiger partial charge on any atom is 0.0783 e. The lowest BCUT2D eigenvalue weighted by atomic mass is 10.1. The first kappa shape index (κ1) is 15.1. The van der Waals surface area contributed by atoms with Crippen molar-refractivity contribution in [3.05, 3.63) is 95.5 Å². The summed E-state index contributed by atoms with van der Waals surface area (Å²) in [5.74, 6) is 0. The Hall–Kier alpha value is -3.04. The molecule has 128 valence electrons. The molecule has 4 aromatic carbocycles. The maximum absolute atomic E-state index is 3.67. The molecule has 0 aliphatic carbocycles. The number of aromatic nitrogens is 1. The van der Waals surface area contributed by atoms with Gasteiger partial charge in [-0.1, -0.05) is 64.5 Å². The Balaban J connectivity index is 1.85. The zero-order valence-electron chi connectivity index (χ0n) is 14.4. The Morgan fingerprint density at radius 3 is 2.26 bits per heavy atom. The van der Waals surface area contributed by atoms with E-state index in [0.29, 0.717) is 0 Å². The minimum atomic E-state index is 1.08. The lowest BCUT2D eigenvalue weighted by Gasteiger charge is -2.33. The number of para-hydroxylation sites is 3. The molecule has 0 unspecified atom stereocenters. The third-order valence-electron chi connectivity index (χ3n) is 5.35. The van der Waals surface area contributed by atoms with E-state index in [0.717, 1.165) is 4.47 Å². The molecule has 0 amide bonds. The Kier molecular flexibility index (Phi) is 3.06. The molecule has 0 atom stereocenters. The van der Waals surface area contributed by atoms with Gasteiger partial charge in [0.25, 0.3) is 0 Å². The van der Waals surface area contributed by atoms with Crippen LogP contribution in [-0.4, -0.2) is 4.57 Å². The molecular weight excluding hydrogens is 396 g/mol. The predicted octanol–water partition coefficient (Wildman–Crippen LogP) is 7.33. The first-order valence-electron chi connectivity index (χ1n) is 9.00. The van der Waals surface area contributed by atoms with Crippen molar-refractivity contribution in [1.82, 2.24) is 4.57 Å². The zero-order chi connectivity index (χ0) is 18.0. The number of nitrogens with zero attached hydrogens (tertiary/aromatic N) is 2. The lowest BCUT2D eigenvalue weighted by molar-refractivity contribution is 1.11. The number of fused-ring (bicyclic) bond motifs is 5. The Labute approximate surface area is 165 Å². The second-order valence-corrected chi connectivity index (χ2v) is 7.75. The smallest absolute Gasteiger partial charge is 0.0783 e. The number of anilines is 3. The molecule has 27 heavy (non-hydrogen) atoms. The quantitative estimate of drug-likeness (QED) is 0.275. The SMILES string of the molecule is Brc1ccc2c(c1)N(c1ccccc1)c1cccc3c4ccccc4n-2c13. The minimum Gasteiger partial charge on any atom is -0.306 e. The molecule has 3 heteroatoms. The molecule has 0 spiro atoms.